The number of hydrogen-bond donors (Lipinski definition) is 0. The molecule has 0 atom stereocenters. The van der Waals surface area contributed by atoms with Crippen LogP contribution in [0.4, 0.5) is 11.4 Å². The van der Waals surface area contributed by atoms with Crippen LogP contribution in [0.25, 0.3) is 4.98 Å². The van der Waals surface area contributed by atoms with E-state index in [1.165, 1.54) is 12.8 Å². The number of ether oxygens (including phenoxy) is 2. The molecule has 1 heterocycles. The molecule has 0 aromatic heterocycles. The summed E-state index contributed by atoms with van der Waals surface area (Å²) >= 11 is 0. The van der Waals surface area contributed by atoms with Crippen LogP contribution in [0.15, 0.2) is 12.1 Å². The van der Waals surface area contributed by atoms with Gasteiger partial charge in [-0.3, -0.25) is 0 Å². The van der Waals surface area contributed by atoms with Crippen molar-refractivity contribution in [2.24, 2.45) is 0 Å². The molecule has 1 fully saturated rings. The summed E-state index contributed by atoms with van der Waals surface area (Å²) < 4.78 is 11.6. The molecule has 0 amide bonds. The average molecular weight is 304 g/mol. The maximum Gasteiger partial charge on any atom is 0.430 e. The van der Waals surface area contributed by atoms with Gasteiger partial charge in [0.1, 0.15) is 0 Å². The molecule has 1 aromatic carbocycles. The Hall–Kier alpha value is -1.96. The molecule has 1 saturated heterocycles. The van der Waals surface area contributed by atoms with Crippen LogP contribution in [0.5, 0.6) is 11.5 Å². The van der Waals surface area contributed by atoms with E-state index in [2.05, 4.69) is 23.7 Å². The Labute approximate surface area is 132 Å². The summed E-state index contributed by atoms with van der Waals surface area (Å²) in [5.41, 5.74) is 1.48. The lowest BCUT2D eigenvalue weighted by Gasteiger charge is -2.21. The van der Waals surface area contributed by atoms with E-state index >= 15 is 0 Å². The highest BCUT2D eigenvalue weighted by molar-refractivity contribution is 5.72. The monoisotopic (exact) mass is 304 g/mol. The van der Waals surface area contributed by atoms with Gasteiger partial charge in [0.25, 0.3) is 0 Å². The molecule has 0 spiro atoms. The van der Waals surface area contributed by atoms with Crippen LogP contribution in [0.3, 0.4) is 0 Å². The number of nitrogens with zero attached hydrogens (tertiary/aromatic N) is 3. The largest absolute Gasteiger partial charge is 0.491 e. The molecule has 5 nitrogen and oxygen atoms in total. The topological polar surface area (TPSA) is 49.9 Å². The van der Waals surface area contributed by atoms with Crippen LogP contribution in [0.1, 0.15) is 46.0 Å². The number of rotatable bonds is 8. The van der Waals surface area contributed by atoms with Crippen LogP contribution in [0, 0.1) is 5.39 Å². The van der Waals surface area contributed by atoms with Crippen LogP contribution < -0.4 is 14.4 Å². The third-order valence-electron chi connectivity index (χ3n) is 3.81. The molecule has 0 N–H and O–H groups in total. The zero-order chi connectivity index (χ0) is 15.8. The van der Waals surface area contributed by atoms with Crippen LogP contribution in [0.2, 0.25) is 0 Å². The highest BCUT2D eigenvalue weighted by Crippen LogP contribution is 2.41. The Morgan fingerprint density at radius 3 is 2.41 bits per heavy atom. The summed E-state index contributed by atoms with van der Waals surface area (Å²) in [6.45, 7) is 7.56. The summed E-state index contributed by atoms with van der Waals surface area (Å²) in [5, 5.41) is 9.26. The first-order valence-corrected chi connectivity index (χ1v) is 8.33. The molecular weight excluding hydrogens is 278 g/mol. The van der Waals surface area contributed by atoms with Gasteiger partial charge >= 0.3 is 5.69 Å². The second-order valence-electron chi connectivity index (χ2n) is 5.63. The molecule has 0 radical (unpaired) electrons. The standard InChI is InChI=1S/C17H26N3O2/c1-3-5-11-22-16-13-15(20-8-6-7-9-20)17(21-10-4-2)12-14(16)19-18/h12-13H,3-11H2,1-2H3/q+1. The third-order valence-corrected chi connectivity index (χ3v) is 3.81. The first-order chi connectivity index (χ1) is 10.8. The Balaban J connectivity index is 2.29. The van der Waals surface area contributed by atoms with Crippen LogP contribution in [-0.4, -0.2) is 26.3 Å². The van der Waals surface area contributed by atoms with E-state index in [0.29, 0.717) is 24.7 Å². The second kappa shape index (κ2) is 8.47. The van der Waals surface area contributed by atoms with Crippen molar-refractivity contribution in [1.29, 1.82) is 5.39 Å². The highest BCUT2D eigenvalue weighted by Gasteiger charge is 2.25. The first-order valence-electron chi connectivity index (χ1n) is 8.33. The van der Waals surface area contributed by atoms with Crippen molar-refractivity contribution in [2.45, 2.75) is 46.0 Å². The molecule has 1 aliphatic rings. The third kappa shape index (κ3) is 4.03. The smallest absolute Gasteiger partial charge is 0.430 e. The summed E-state index contributed by atoms with van der Waals surface area (Å²) in [4.78, 5) is 5.68. The number of hydrogen-bond acceptors (Lipinski definition) is 4. The Kier molecular flexibility index (Phi) is 6.32. The van der Waals surface area contributed by atoms with E-state index in [-0.39, 0.29) is 0 Å². The van der Waals surface area contributed by atoms with Gasteiger partial charge in [-0.1, -0.05) is 20.3 Å². The molecule has 2 rings (SSSR count). The first kappa shape index (κ1) is 16.4. The van der Waals surface area contributed by atoms with Gasteiger partial charge in [-0.15, -0.1) is 0 Å². The van der Waals surface area contributed by atoms with Gasteiger partial charge in [-0.05, 0) is 25.7 Å². The predicted octanol–water partition coefficient (Wildman–Crippen LogP) is 4.74. The normalized spacial score (nSPS) is 14.0. The van der Waals surface area contributed by atoms with Crippen molar-refractivity contribution in [3.63, 3.8) is 0 Å². The predicted molar refractivity (Wildman–Crippen MR) is 88.8 cm³/mol. The van der Waals surface area contributed by atoms with Crippen LogP contribution >= 0.6 is 0 Å². The number of anilines is 1. The zero-order valence-corrected chi connectivity index (χ0v) is 13.7. The molecule has 0 bridgehead atoms. The zero-order valence-electron chi connectivity index (χ0n) is 13.7. The van der Waals surface area contributed by atoms with E-state index in [0.717, 1.165) is 43.8 Å². The summed E-state index contributed by atoms with van der Waals surface area (Å²) in [6.07, 6.45) is 5.40. The summed E-state index contributed by atoms with van der Waals surface area (Å²) in [6, 6.07) is 3.74. The van der Waals surface area contributed by atoms with Crippen molar-refractivity contribution < 1.29 is 9.47 Å². The lowest BCUT2D eigenvalue weighted by atomic mass is 10.2. The van der Waals surface area contributed by atoms with Crippen molar-refractivity contribution >= 4 is 11.4 Å². The van der Waals surface area contributed by atoms with E-state index in [9.17, 15) is 5.39 Å². The minimum Gasteiger partial charge on any atom is -0.491 e. The second-order valence-corrected chi connectivity index (χ2v) is 5.63. The highest BCUT2D eigenvalue weighted by atomic mass is 16.5. The Morgan fingerprint density at radius 1 is 1.05 bits per heavy atom. The average Bonchev–Trinajstić information content (AvgIpc) is 3.07. The summed E-state index contributed by atoms with van der Waals surface area (Å²) in [7, 11) is 0. The molecule has 5 heteroatoms. The maximum atomic E-state index is 9.26. The quantitative estimate of drug-likeness (QED) is 0.514. The minimum absolute atomic E-state index is 0.435. The van der Waals surface area contributed by atoms with Gasteiger partial charge in [0, 0.05) is 19.2 Å². The number of diazo groups is 1. The molecule has 120 valence electrons. The fraction of sp³-hybridized carbons (Fsp3) is 0.647. The van der Waals surface area contributed by atoms with Crippen molar-refractivity contribution in [1.82, 2.24) is 0 Å². The fourth-order valence-electron chi connectivity index (χ4n) is 2.59. The SMILES string of the molecule is CCCCOc1cc(N2CCCC2)c(OCCC)cc1[N+]#N. The molecule has 0 saturated carbocycles. The van der Waals surface area contributed by atoms with Gasteiger partial charge in [0.05, 0.1) is 25.0 Å². The van der Waals surface area contributed by atoms with Crippen molar-refractivity contribution in [3.8, 4) is 11.5 Å². The number of unbranched alkanes of at least 4 members (excludes halogenated alkanes) is 1. The van der Waals surface area contributed by atoms with Gasteiger partial charge in [0.15, 0.2) is 10.7 Å². The number of benzene rings is 1. The van der Waals surface area contributed by atoms with Crippen molar-refractivity contribution in [3.05, 3.63) is 17.1 Å². The van der Waals surface area contributed by atoms with Crippen LogP contribution in [-0.2, 0) is 0 Å². The Morgan fingerprint density at radius 2 is 1.77 bits per heavy atom. The van der Waals surface area contributed by atoms with E-state index < -0.39 is 0 Å². The molecule has 22 heavy (non-hydrogen) atoms. The van der Waals surface area contributed by atoms with E-state index in [1.54, 1.807) is 6.07 Å². The molecule has 1 aliphatic heterocycles. The minimum atomic E-state index is 0.435. The fourth-order valence-corrected chi connectivity index (χ4v) is 2.59. The lowest BCUT2D eigenvalue weighted by molar-refractivity contribution is 0.306. The maximum absolute atomic E-state index is 9.26. The molecular formula is C17H26N3O2+. The van der Waals surface area contributed by atoms with Gasteiger partial charge in [0.2, 0.25) is 11.1 Å². The van der Waals surface area contributed by atoms with Gasteiger partial charge in [-0.25, -0.2) is 0 Å². The molecule has 1 aromatic rings. The van der Waals surface area contributed by atoms with E-state index in [4.69, 9.17) is 9.47 Å². The molecule has 0 unspecified atom stereocenters. The van der Waals surface area contributed by atoms with Crippen molar-refractivity contribution in [2.75, 3.05) is 31.2 Å². The lowest BCUT2D eigenvalue weighted by Crippen LogP contribution is -2.19. The van der Waals surface area contributed by atoms with Gasteiger partial charge < -0.3 is 14.4 Å². The van der Waals surface area contributed by atoms with E-state index in [1.807, 2.05) is 6.07 Å². The summed E-state index contributed by atoms with van der Waals surface area (Å²) in [5.74, 6) is 1.40. The van der Waals surface area contributed by atoms with Gasteiger partial charge in [-0.2, -0.15) is 0 Å². The Bertz CT molecular complexity index is 519. The molecule has 0 aliphatic carbocycles.